The van der Waals surface area contributed by atoms with Crippen molar-refractivity contribution in [1.29, 1.82) is 0 Å². The summed E-state index contributed by atoms with van der Waals surface area (Å²) in [5, 5.41) is 11.7. The fourth-order valence-electron chi connectivity index (χ4n) is 3.81. The second kappa shape index (κ2) is 9.80. The van der Waals surface area contributed by atoms with Crippen LogP contribution in [0.1, 0.15) is 34.5 Å². The largest absolute Gasteiger partial charge is 0.494 e. The number of hydrogen-bond acceptors (Lipinski definition) is 9. The van der Waals surface area contributed by atoms with E-state index in [0.717, 1.165) is 22.9 Å². The van der Waals surface area contributed by atoms with Crippen LogP contribution in [0, 0.1) is 0 Å². The summed E-state index contributed by atoms with van der Waals surface area (Å²) in [5.74, 6) is 0.416. The molecule has 0 aliphatic carbocycles. The zero-order valence-corrected chi connectivity index (χ0v) is 19.7. The average molecular weight is 507 g/mol. The van der Waals surface area contributed by atoms with Crippen LogP contribution < -0.4 is 14.8 Å². The molecule has 2 aliphatic rings. The van der Waals surface area contributed by atoms with Crippen molar-refractivity contribution in [3.63, 3.8) is 0 Å². The van der Waals surface area contributed by atoms with E-state index in [-0.39, 0.29) is 11.3 Å². The maximum Gasteiger partial charge on any atom is 0.280 e. The summed E-state index contributed by atoms with van der Waals surface area (Å²) in [6.07, 6.45) is 0.0747. The van der Waals surface area contributed by atoms with Crippen molar-refractivity contribution in [3.05, 3.63) is 41.2 Å². The summed E-state index contributed by atoms with van der Waals surface area (Å²) < 4.78 is 43.9. The molecular formula is C22H20F2N4O4S2. The van der Waals surface area contributed by atoms with Crippen molar-refractivity contribution in [2.24, 2.45) is 0 Å². The molecule has 1 N–H and O–H groups in total. The van der Waals surface area contributed by atoms with Gasteiger partial charge >= 0.3 is 0 Å². The fraction of sp³-hybridized carbons (Fsp3) is 0.364. The Balaban J connectivity index is 1.48. The Morgan fingerprint density at radius 2 is 2.15 bits per heavy atom. The lowest BCUT2D eigenvalue weighted by Gasteiger charge is -2.15. The number of nitrogens with one attached hydrogen (secondary N) is 1. The van der Waals surface area contributed by atoms with E-state index in [4.69, 9.17) is 14.2 Å². The van der Waals surface area contributed by atoms with Crippen LogP contribution in [0.2, 0.25) is 0 Å². The predicted molar refractivity (Wildman–Crippen MR) is 123 cm³/mol. The molecule has 5 rings (SSSR count). The van der Waals surface area contributed by atoms with E-state index >= 15 is 0 Å². The monoisotopic (exact) mass is 506 g/mol. The third kappa shape index (κ3) is 4.70. The number of carbonyl (C=O) groups excluding carboxylic acids is 1. The van der Waals surface area contributed by atoms with E-state index in [0.29, 0.717) is 46.9 Å². The Hall–Kier alpha value is -2.83. The molecule has 1 saturated heterocycles. The van der Waals surface area contributed by atoms with Gasteiger partial charge in [0.1, 0.15) is 17.2 Å². The van der Waals surface area contributed by atoms with Gasteiger partial charge in [-0.25, -0.2) is 8.78 Å². The molecule has 34 heavy (non-hydrogen) atoms. The SMILES string of the molecule is COc1cnc(C(F)F)cc1-c1cc2c(cc1C(=O)Nc1nnc(SC3CCOC3)s1)OCC2. The molecule has 4 heterocycles. The molecule has 8 nitrogen and oxygen atoms in total. The first kappa shape index (κ1) is 22.9. The van der Waals surface area contributed by atoms with Crippen molar-refractivity contribution in [3.8, 4) is 22.6 Å². The van der Waals surface area contributed by atoms with Crippen LogP contribution in [0.4, 0.5) is 13.9 Å². The van der Waals surface area contributed by atoms with Gasteiger partial charge in [0.05, 0.1) is 32.1 Å². The Labute approximate surface area is 202 Å². The van der Waals surface area contributed by atoms with E-state index < -0.39 is 18.0 Å². The number of ether oxygens (including phenoxy) is 3. The molecule has 178 valence electrons. The zero-order valence-electron chi connectivity index (χ0n) is 18.0. The minimum atomic E-state index is -2.76. The van der Waals surface area contributed by atoms with Crippen LogP contribution in [-0.4, -0.2) is 53.3 Å². The number of anilines is 1. The number of rotatable bonds is 7. The Morgan fingerprint density at radius 1 is 1.26 bits per heavy atom. The number of fused-ring (bicyclic) bond motifs is 1. The quantitative estimate of drug-likeness (QED) is 0.464. The van der Waals surface area contributed by atoms with E-state index in [1.54, 1.807) is 23.9 Å². The highest BCUT2D eigenvalue weighted by atomic mass is 32.2. The van der Waals surface area contributed by atoms with Crippen molar-refractivity contribution in [2.75, 3.05) is 32.2 Å². The fourth-order valence-corrected chi connectivity index (χ4v) is 5.87. The van der Waals surface area contributed by atoms with Crippen LogP contribution in [0.25, 0.3) is 11.1 Å². The molecule has 2 aromatic heterocycles. The molecule has 12 heteroatoms. The number of thioether (sulfide) groups is 1. The molecule has 1 fully saturated rings. The third-order valence-corrected chi connectivity index (χ3v) is 7.64. The normalized spacial score (nSPS) is 17.0. The second-order valence-corrected chi connectivity index (χ2v) is 10.2. The van der Waals surface area contributed by atoms with Gasteiger partial charge in [0.2, 0.25) is 5.13 Å². The molecule has 0 radical (unpaired) electrons. The molecule has 1 atom stereocenters. The number of halogens is 2. The van der Waals surface area contributed by atoms with Gasteiger partial charge < -0.3 is 14.2 Å². The number of amides is 1. The van der Waals surface area contributed by atoms with Crippen LogP contribution in [0.3, 0.4) is 0 Å². The topological polar surface area (TPSA) is 95.5 Å². The number of aromatic nitrogens is 3. The summed E-state index contributed by atoms with van der Waals surface area (Å²) in [4.78, 5) is 17.1. The highest BCUT2D eigenvalue weighted by Gasteiger charge is 2.25. The van der Waals surface area contributed by atoms with Gasteiger partial charge in [-0.3, -0.25) is 15.1 Å². The summed E-state index contributed by atoms with van der Waals surface area (Å²) in [5.41, 5.74) is 1.53. The summed E-state index contributed by atoms with van der Waals surface area (Å²) in [7, 11) is 1.43. The lowest BCUT2D eigenvalue weighted by molar-refractivity contribution is 0.102. The minimum absolute atomic E-state index is 0.249. The van der Waals surface area contributed by atoms with Gasteiger partial charge in [0.15, 0.2) is 4.34 Å². The molecular weight excluding hydrogens is 486 g/mol. The number of methoxy groups -OCH3 is 1. The lowest BCUT2D eigenvalue weighted by atomic mass is 9.95. The first-order chi connectivity index (χ1) is 16.5. The van der Waals surface area contributed by atoms with Crippen LogP contribution in [0.5, 0.6) is 11.5 Å². The van der Waals surface area contributed by atoms with Crippen molar-refractivity contribution >= 4 is 34.1 Å². The number of pyridine rings is 1. The average Bonchev–Trinajstić information content (AvgIpc) is 3.60. The molecule has 2 aliphatic heterocycles. The third-order valence-electron chi connectivity index (χ3n) is 5.48. The maximum absolute atomic E-state index is 13.4. The summed E-state index contributed by atoms with van der Waals surface area (Å²) >= 11 is 2.85. The standard InChI is InChI=1S/C22H20F2N4O4S2/c1-30-18-9-25-16(19(23)24)7-14(18)13-6-11-2-5-32-17(11)8-15(13)20(29)26-21-27-28-22(34-21)33-12-3-4-31-10-12/h6-9,12,19H,2-5,10H2,1H3,(H,26,27,29). The lowest BCUT2D eigenvalue weighted by Crippen LogP contribution is -2.13. The molecule has 1 amide bonds. The van der Waals surface area contributed by atoms with Crippen molar-refractivity contribution < 1.29 is 27.8 Å². The van der Waals surface area contributed by atoms with E-state index in [1.165, 1.54) is 30.7 Å². The minimum Gasteiger partial charge on any atom is -0.494 e. The van der Waals surface area contributed by atoms with Crippen molar-refractivity contribution in [2.45, 2.75) is 28.9 Å². The smallest absolute Gasteiger partial charge is 0.280 e. The number of nitrogens with zero attached hydrogens (tertiary/aromatic N) is 3. The van der Waals surface area contributed by atoms with Gasteiger partial charge in [-0.05, 0) is 35.7 Å². The predicted octanol–water partition coefficient (Wildman–Crippen LogP) is 4.61. The second-order valence-electron chi connectivity index (χ2n) is 7.64. The highest BCUT2D eigenvalue weighted by molar-refractivity contribution is 8.01. The maximum atomic E-state index is 13.4. The first-order valence-electron chi connectivity index (χ1n) is 10.5. The molecule has 0 bridgehead atoms. The molecule has 1 aromatic carbocycles. The van der Waals surface area contributed by atoms with E-state index in [1.807, 2.05) is 0 Å². The van der Waals surface area contributed by atoms with Gasteiger partial charge in [0.25, 0.3) is 12.3 Å². The van der Waals surface area contributed by atoms with Gasteiger partial charge in [-0.2, -0.15) is 0 Å². The Kier molecular flexibility index (Phi) is 6.61. The number of hydrogen-bond donors (Lipinski definition) is 1. The summed E-state index contributed by atoms with van der Waals surface area (Å²) in [6, 6.07) is 4.66. The Morgan fingerprint density at radius 3 is 2.91 bits per heavy atom. The van der Waals surface area contributed by atoms with Gasteiger partial charge in [0, 0.05) is 23.8 Å². The zero-order chi connectivity index (χ0) is 23.7. The summed E-state index contributed by atoms with van der Waals surface area (Å²) in [6.45, 7) is 1.88. The van der Waals surface area contributed by atoms with Crippen molar-refractivity contribution in [1.82, 2.24) is 15.2 Å². The molecule has 0 spiro atoms. The van der Waals surface area contributed by atoms with Crippen LogP contribution in [0.15, 0.2) is 28.7 Å². The van der Waals surface area contributed by atoms with Crippen LogP contribution in [-0.2, 0) is 11.2 Å². The van der Waals surface area contributed by atoms with Crippen LogP contribution >= 0.6 is 23.1 Å². The Bertz CT molecular complexity index is 1220. The van der Waals surface area contributed by atoms with Gasteiger partial charge in [-0.15, -0.1) is 10.2 Å². The van der Waals surface area contributed by atoms with E-state index in [2.05, 4.69) is 20.5 Å². The molecule has 0 saturated carbocycles. The van der Waals surface area contributed by atoms with E-state index in [9.17, 15) is 13.6 Å². The molecule has 1 unspecified atom stereocenters. The number of alkyl halides is 2. The molecule has 3 aromatic rings. The highest BCUT2D eigenvalue weighted by Crippen LogP contribution is 2.40. The van der Waals surface area contributed by atoms with Gasteiger partial charge in [-0.1, -0.05) is 23.1 Å². The first-order valence-corrected chi connectivity index (χ1v) is 12.2. The number of carbonyl (C=O) groups is 1. The number of benzene rings is 1.